The Labute approximate surface area is 171 Å². The molecule has 160 valence electrons. The van der Waals surface area contributed by atoms with Gasteiger partial charge in [-0.05, 0) is 24.5 Å². The van der Waals surface area contributed by atoms with E-state index in [-0.39, 0.29) is 11.8 Å². The quantitative estimate of drug-likeness (QED) is 0.598. The summed E-state index contributed by atoms with van der Waals surface area (Å²) in [5, 5.41) is 3.30. The van der Waals surface area contributed by atoms with Crippen molar-refractivity contribution in [1.82, 2.24) is 20.0 Å². The lowest BCUT2D eigenvalue weighted by atomic mass is 10.0. The molecule has 2 aliphatic rings. The van der Waals surface area contributed by atoms with Crippen LogP contribution < -0.4 is 5.32 Å². The molecule has 1 atom stereocenters. The highest BCUT2D eigenvalue weighted by molar-refractivity contribution is 5.80. The first-order valence-electron chi connectivity index (χ1n) is 10.4. The van der Waals surface area contributed by atoms with Gasteiger partial charge in [-0.3, -0.25) is 14.7 Å². The molecular formula is C21H31F2N5O. The fraction of sp³-hybridized carbons (Fsp3) is 0.619. The largest absolute Gasteiger partial charge is 0.356 e. The van der Waals surface area contributed by atoms with Gasteiger partial charge in [-0.1, -0.05) is 13.0 Å². The van der Waals surface area contributed by atoms with E-state index in [2.05, 4.69) is 20.1 Å². The smallest absolute Gasteiger partial charge is 0.236 e. The molecule has 3 rings (SSSR count). The maximum absolute atomic E-state index is 14.0. The fourth-order valence-corrected chi connectivity index (χ4v) is 3.96. The maximum atomic E-state index is 14.0. The van der Waals surface area contributed by atoms with Crippen LogP contribution in [-0.4, -0.2) is 86.0 Å². The maximum Gasteiger partial charge on any atom is 0.236 e. The number of amides is 1. The summed E-state index contributed by atoms with van der Waals surface area (Å²) in [5.41, 5.74) is 0.486. The lowest BCUT2D eigenvalue weighted by Gasteiger charge is -2.37. The number of aliphatic imine (C=N–C) groups is 1. The third-order valence-electron chi connectivity index (χ3n) is 5.76. The van der Waals surface area contributed by atoms with Crippen LogP contribution in [0, 0.1) is 11.6 Å². The monoisotopic (exact) mass is 407 g/mol. The lowest BCUT2D eigenvalue weighted by molar-refractivity contribution is -0.131. The van der Waals surface area contributed by atoms with Crippen LogP contribution in [0.2, 0.25) is 0 Å². The minimum absolute atomic E-state index is 0.119. The molecule has 0 aromatic heterocycles. The topological polar surface area (TPSA) is 51.2 Å². The first-order valence-corrected chi connectivity index (χ1v) is 10.4. The number of guanidine groups is 1. The molecule has 29 heavy (non-hydrogen) atoms. The molecule has 1 aromatic rings. The second-order valence-corrected chi connectivity index (χ2v) is 7.85. The molecular weight excluding hydrogens is 376 g/mol. The molecule has 1 N–H and O–H groups in total. The van der Waals surface area contributed by atoms with E-state index in [0.29, 0.717) is 18.7 Å². The lowest BCUT2D eigenvalue weighted by Crippen LogP contribution is -2.54. The molecule has 1 unspecified atom stereocenters. The number of carbonyl (C=O) groups excluding carboxylic acids is 1. The summed E-state index contributed by atoms with van der Waals surface area (Å²) in [7, 11) is 1.73. The molecule has 0 radical (unpaired) electrons. The Hall–Kier alpha value is -2.22. The fourth-order valence-electron chi connectivity index (χ4n) is 3.96. The number of halogens is 2. The average molecular weight is 408 g/mol. The molecule has 0 aliphatic carbocycles. The van der Waals surface area contributed by atoms with E-state index in [0.717, 1.165) is 64.1 Å². The number of hydrogen-bond donors (Lipinski definition) is 1. The average Bonchev–Trinajstić information content (AvgIpc) is 3.24. The molecule has 2 heterocycles. The number of likely N-dealkylation sites (tertiary alicyclic amines) is 1. The highest BCUT2D eigenvalue weighted by Crippen LogP contribution is 2.19. The van der Waals surface area contributed by atoms with Crippen molar-refractivity contribution in [2.75, 3.05) is 59.4 Å². The number of piperazine rings is 1. The van der Waals surface area contributed by atoms with Crippen LogP contribution in [0.25, 0.3) is 0 Å². The third kappa shape index (κ3) is 5.65. The van der Waals surface area contributed by atoms with Gasteiger partial charge in [0.15, 0.2) is 5.96 Å². The number of carbonyl (C=O) groups is 1. The second kappa shape index (κ2) is 10.0. The van der Waals surface area contributed by atoms with Gasteiger partial charge in [0.2, 0.25) is 5.91 Å². The van der Waals surface area contributed by atoms with Crippen molar-refractivity contribution in [1.29, 1.82) is 0 Å². The Morgan fingerprint density at radius 1 is 1.10 bits per heavy atom. The van der Waals surface area contributed by atoms with Gasteiger partial charge in [-0.25, -0.2) is 8.78 Å². The van der Waals surface area contributed by atoms with Crippen molar-refractivity contribution in [2.45, 2.75) is 25.7 Å². The summed E-state index contributed by atoms with van der Waals surface area (Å²) in [5.74, 6) is -0.209. The van der Waals surface area contributed by atoms with Crippen LogP contribution in [-0.2, 0) is 4.79 Å². The molecule has 0 spiro atoms. The van der Waals surface area contributed by atoms with Crippen molar-refractivity contribution in [3.63, 3.8) is 0 Å². The predicted octanol–water partition coefficient (Wildman–Crippen LogP) is 1.88. The van der Waals surface area contributed by atoms with Crippen molar-refractivity contribution in [2.24, 2.45) is 4.99 Å². The summed E-state index contributed by atoms with van der Waals surface area (Å²) in [4.78, 5) is 23.0. The summed E-state index contributed by atoms with van der Waals surface area (Å²) < 4.78 is 27.1. The van der Waals surface area contributed by atoms with Crippen molar-refractivity contribution >= 4 is 11.9 Å². The van der Waals surface area contributed by atoms with E-state index in [1.54, 1.807) is 7.05 Å². The van der Waals surface area contributed by atoms with Gasteiger partial charge in [-0.2, -0.15) is 0 Å². The summed E-state index contributed by atoms with van der Waals surface area (Å²) in [6.45, 7) is 7.86. The SMILES string of the molecule is CN=C(NCC(C)c1ccc(F)cc1F)N1CCN(CC(=O)N2CCCC2)CC1. The van der Waals surface area contributed by atoms with Gasteiger partial charge >= 0.3 is 0 Å². The van der Waals surface area contributed by atoms with Crippen LogP contribution in [0.5, 0.6) is 0 Å². The zero-order valence-corrected chi connectivity index (χ0v) is 17.3. The highest BCUT2D eigenvalue weighted by atomic mass is 19.1. The number of benzene rings is 1. The Morgan fingerprint density at radius 3 is 2.41 bits per heavy atom. The minimum Gasteiger partial charge on any atom is -0.356 e. The number of hydrogen-bond acceptors (Lipinski definition) is 3. The zero-order chi connectivity index (χ0) is 20.8. The van der Waals surface area contributed by atoms with Crippen LogP contribution in [0.15, 0.2) is 23.2 Å². The molecule has 2 saturated heterocycles. The van der Waals surface area contributed by atoms with Crippen molar-refractivity contribution in [3.8, 4) is 0 Å². The van der Waals surface area contributed by atoms with E-state index in [1.807, 2.05) is 11.8 Å². The highest BCUT2D eigenvalue weighted by Gasteiger charge is 2.24. The Kier molecular flexibility index (Phi) is 7.41. The van der Waals surface area contributed by atoms with Gasteiger partial charge in [-0.15, -0.1) is 0 Å². The van der Waals surface area contributed by atoms with Crippen LogP contribution in [0.4, 0.5) is 8.78 Å². The second-order valence-electron chi connectivity index (χ2n) is 7.85. The molecule has 1 amide bonds. The first kappa shape index (κ1) is 21.5. The number of nitrogens with zero attached hydrogens (tertiary/aromatic N) is 4. The van der Waals surface area contributed by atoms with Gasteiger partial charge < -0.3 is 15.1 Å². The Bertz CT molecular complexity index is 728. The molecule has 0 saturated carbocycles. The van der Waals surface area contributed by atoms with E-state index in [4.69, 9.17) is 0 Å². The molecule has 1 aromatic carbocycles. The van der Waals surface area contributed by atoms with Gasteiger partial charge in [0, 0.05) is 64.8 Å². The van der Waals surface area contributed by atoms with Crippen molar-refractivity contribution in [3.05, 3.63) is 35.4 Å². The van der Waals surface area contributed by atoms with Gasteiger partial charge in [0.05, 0.1) is 6.54 Å². The van der Waals surface area contributed by atoms with E-state index in [9.17, 15) is 13.6 Å². The molecule has 8 heteroatoms. The van der Waals surface area contributed by atoms with Crippen molar-refractivity contribution < 1.29 is 13.6 Å². The molecule has 6 nitrogen and oxygen atoms in total. The van der Waals surface area contributed by atoms with E-state index >= 15 is 0 Å². The van der Waals surface area contributed by atoms with Crippen LogP contribution in [0.1, 0.15) is 31.2 Å². The Morgan fingerprint density at radius 2 is 1.79 bits per heavy atom. The third-order valence-corrected chi connectivity index (χ3v) is 5.76. The first-order chi connectivity index (χ1) is 14.0. The van der Waals surface area contributed by atoms with E-state index in [1.165, 1.54) is 12.1 Å². The van der Waals surface area contributed by atoms with Gasteiger partial charge in [0.1, 0.15) is 11.6 Å². The minimum atomic E-state index is -0.566. The predicted molar refractivity (Wildman–Crippen MR) is 110 cm³/mol. The van der Waals surface area contributed by atoms with Gasteiger partial charge in [0.25, 0.3) is 0 Å². The molecule has 2 fully saturated rings. The summed E-state index contributed by atoms with van der Waals surface area (Å²) in [6, 6.07) is 3.70. The Balaban J connectivity index is 1.45. The standard InChI is InChI=1S/C21H31F2N5O/c1-16(18-6-5-17(22)13-19(18)23)14-25-21(24-2)28-11-9-26(10-12-28)15-20(29)27-7-3-4-8-27/h5-6,13,16H,3-4,7-12,14-15H2,1-2H3,(H,24,25). The summed E-state index contributed by atoms with van der Waals surface area (Å²) >= 11 is 0. The number of rotatable bonds is 5. The summed E-state index contributed by atoms with van der Waals surface area (Å²) in [6.07, 6.45) is 2.23. The zero-order valence-electron chi connectivity index (χ0n) is 17.3. The molecule has 2 aliphatic heterocycles. The van der Waals surface area contributed by atoms with E-state index < -0.39 is 11.6 Å². The normalized spacial score (nSPS) is 19.5. The molecule has 0 bridgehead atoms. The van der Waals surface area contributed by atoms with Crippen LogP contribution in [0.3, 0.4) is 0 Å². The van der Waals surface area contributed by atoms with Crippen LogP contribution >= 0.6 is 0 Å². The number of nitrogens with one attached hydrogen (secondary N) is 1.